The number of carbonyl (C=O) groups is 1. The molecule has 0 atom stereocenters. The predicted molar refractivity (Wildman–Crippen MR) is 133 cm³/mol. The van der Waals surface area contributed by atoms with Gasteiger partial charge in [-0.15, -0.1) is 0 Å². The summed E-state index contributed by atoms with van der Waals surface area (Å²) in [6, 6.07) is 6.50. The molecule has 3 aromatic rings. The van der Waals surface area contributed by atoms with Crippen LogP contribution in [0.4, 0.5) is 4.39 Å². The molecule has 6 rings (SSSR count). The number of ether oxygens (including phenoxy) is 1. The van der Waals surface area contributed by atoms with Gasteiger partial charge in [0.05, 0.1) is 25.1 Å². The quantitative estimate of drug-likeness (QED) is 0.570. The van der Waals surface area contributed by atoms with Gasteiger partial charge in [-0.25, -0.2) is 9.37 Å². The third-order valence-electron chi connectivity index (χ3n) is 8.08. The van der Waals surface area contributed by atoms with Crippen LogP contribution in [0.3, 0.4) is 0 Å². The summed E-state index contributed by atoms with van der Waals surface area (Å²) in [5.74, 6) is -0.877. The number of nitrogens with zero attached hydrogens (tertiary/aromatic N) is 4. The maximum absolute atomic E-state index is 14.0. The molecule has 0 unspecified atom stereocenters. The molecule has 0 aromatic carbocycles. The van der Waals surface area contributed by atoms with Crippen molar-refractivity contribution in [3.05, 3.63) is 58.4 Å². The number of aromatic nitrogens is 3. The van der Waals surface area contributed by atoms with Crippen LogP contribution in [0.25, 0.3) is 22.3 Å². The van der Waals surface area contributed by atoms with E-state index in [1.165, 1.54) is 31.4 Å². The summed E-state index contributed by atoms with van der Waals surface area (Å²) in [6.07, 6.45) is 8.37. The molecule has 2 saturated carbocycles. The first kappa shape index (κ1) is 23.2. The van der Waals surface area contributed by atoms with E-state index in [4.69, 9.17) is 4.74 Å². The zero-order valence-electron chi connectivity index (χ0n) is 20.2. The SMILES string of the molecule is O=C(NC1CC2(CCC2)C1)c1c(-c2ccc(F)cn2)c2cccnc2n(CCN2CCOCC2)c1=O. The first-order valence-corrected chi connectivity index (χ1v) is 12.8. The Balaban J connectivity index is 1.42. The second-order valence-electron chi connectivity index (χ2n) is 10.3. The van der Waals surface area contributed by atoms with Crippen molar-refractivity contribution in [3.8, 4) is 11.3 Å². The van der Waals surface area contributed by atoms with Gasteiger partial charge < -0.3 is 10.1 Å². The van der Waals surface area contributed by atoms with E-state index in [1.807, 2.05) is 6.07 Å². The fourth-order valence-electron chi connectivity index (χ4n) is 5.98. The molecule has 36 heavy (non-hydrogen) atoms. The third kappa shape index (κ3) is 4.20. The summed E-state index contributed by atoms with van der Waals surface area (Å²) in [7, 11) is 0. The van der Waals surface area contributed by atoms with Crippen molar-refractivity contribution in [3.63, 3.8) is 0 Å². The maximum atomic E-state index is 14.0. The average Bonchev–Trinajstić information content (AvgIpc) is 2.85. The van der Waals surface area contributed by atoms with Gasteiger partial charge in [0.2, 0.25) is 0 Å². The molecular formula is C27H30FN5O3. The molecular weight excluding hydrogens is 461 g/mol. The number of hydrogen-bond acceptors (Lipinski definition) is 6. The molecule has 1 N–H and O–H groups in total. The number of halogens is 1. The van der Waals surface area contributed by atoms with Gasteiger partial charge in [-0.3, -0.25) is 24.0 Å². The molecule has 1 spiro atoms. The van der Waals surface area contributed by atoms with Crippen LogP contribution in [-0.4, -0.2) is 64.2 Å². The fraction of sp³-hybridized carbons (Fsp3) is 0.481. The summed E-state index contributed by atoms with van der Waals surface area (Å²) >= 11 is 0. The van der Waals surface area contributed by atoms with E-state index in [9.17, 15) is 14.0 Å². The van der Waals surface area contributed by atoms with Gasteiger partial charge >= 0.3 is 0 Å². The third-order valence-corrected chi connectivity index (χ3v) is 8.08. The van der Waals surface area contributed by atoms with E-state index < -0.39 is 17.3 Å². The molecule has 0 radical (unpaired) electrons. The summed E-state index contributed by atoms with van der Waals surface area (Å²) in [5, 5.41) is 3.76. The Bertz CT molecular complexity index is 1340. The largest absolute Gasteiger partial charge is 0.379 e. The minimum absolute atomic E-state index is 0.0474. The Kier molecular flexibility index (Phi) is 6.05. The van der Waals surface area contributed by atoms with E-state index in [2.05, 4.69) is 20.2 Å². The summed E-state index contributed by atoms with van der Waals surface area (Å²) < 4.78 is 20.7. The van der Waals surface area contributed by atoms with Crippen molar-refractivity contribution in [2.75, 3.05) is 32.8 Å². The number of hydrogen-bond donors (Lipinski definition) is 1. The lowest BCUT2D eigenvalue weighted by atomic mass is 9.54. The van der Waals surface area contributed by atoms with Gasteiger partial charge in [-0.05, 0) is 55.4 Å². The fourth-order valence-corrected chi connectivity index (χ4v) is 5.98. The lowest BCUT2D eigenvalue weighted by Gasteiger charge is -2.54. The number of nitrogens with one attached hydrogen (secondary N) is 1. The van der Waals surface area contributed by atoms with Gasteiger partial charge in [-0.1, -0.05) is 6.42 Å². The Morgan fingerprint density at radius 1 is 1.14 bits per heavy atom. The number of fused-ring (bicyclic) bond motifs is 1. The molecule has 3 fully saturated rings. The Hall–Kier alpha value is -3.17. The minimum atomic E-state index is -0.480. The predicted octanol–water partition coefficient (Wildman–Crippen LogP) is 2.99. The first-order chi connectivity index (χ1) is 17.5. The molecule has 0 bridgehead atoms. The molecule has 2 aliphatic carbocycles. The van der Waals surface area contributed by atoms with Crippen LogP contribution in [0.2, 0.25) is 0 Å². The zero-order valence-corrected chi connectivity index (χ0v) is 20.2. The highest BCUT2D eigenvalue weighted by molar-refractivity contribution is 6.07. The maximum Gasteiger partial charge on any atom is 0.265 e. The van der Waals surface area contributed by atoms with Crippen molar-refractivity contribution in [2.24, 2.45) is 5.41 Å². The second kappa shape index (κ2) is 9.37. The first-order valence-electron chi connectivity index (χ1n) is 12.8. The van der Waals surface area contributed by atoms with Gasteiger partial charge in [0, 0.05) is 49.4 Å². The highest BCUT2D eigenvalue weighted by atomic mass is 19.1. The molecule has 3 aliphatic rings. The van der Waals surface area contributed by atoms with Crippen LogP contribution in [-0.2, 0) is 11.3 Å². The van der Waals surface area contributed by atoms with Gasteiger partial charge in [0.15, 0.2) is 0 Å². The summed E-state index contributed by atoms with van der Waals surface area (Å²) in [6.45, 7) is 3.98. The Morgan fingerprint density at radius 2 is 1.94 bits per heavy atom. The lowest BCUT2D eigenvalue weighted by Crippen LogP contribution is -2.54. The second-order valence-corrected chi connectivity index (χ2v) is 10.3. The van der Waals surface area contributed by atoms with Gasteiger partial charge in [0.1, 0.15) is 17.0 Å². The number of amides is 1. The van der Waals surface area contributed by atoms with Crippen molar-refractivity contribution in [1.82, 2.24) is 24.8 Å². The van der Waals surface area contributed by atoms with Crippen molar-refractivity contribution in [2.45, 2.75) is 44.7 Å². The Labute approximate surface area is 208 Å². The molecule has 1 aliphatic heterocycles. The topological polar surface area (TPSA) is 89.3 Å². The molecule has 188 valence electrons. The monoisotopic (exact) mass is 491 g/mol. The number of carbonyl (C=O) groups excluding carboxylic acids is 1. The van der Waals surface area contributed by atoms with Crippen LogP contribution >= 0.6 is 0 Å². The number of pyridine rings is 3. The highest BCUT2D eigenvalue weighted by Gasteiger charge is 2.48. The van der Waals surface area contributed by atoms with Crippen molar-refractivity contribution < 1.29 is 13.9 Å². The summed E-state index contributed by atoms with van der Waals surface area (Å²) in [4.78, 5) is 38.6. The highest BCUT2D eigenvalue weighted by Crippen LogP contribution is 2.55. The van der Waals surface area contributed by atoms with E-state index in [0.29, 0.717) is 54.0 Å². The van der Waals surface area contributed by atoms with Crippen LogP contribution in [0.15, 0.2) is 41.5 Å². The van der Waals surface area contributed by atoms with Gasteiger partial charge in [0.25, 0.3) is 11.5 Å². The molecule has 1 amide bonds. The molecule has 1 saturated heterocycles. The van der Waals surface area contributed by atoms with Crippen LogP contribution in [0, 0.1) is 11.2 Å². The van der Waals surface area contributed by atoms with Crippen molar-refractivity contribution >= 4 is 16.9 Å². The lowest BCUT2D eigenvalue weighted by molar-refractivity contribution is -0.000641. The van der Waals surface area contributed by atoms with E-state index in [0.717, 1.165) is 32.1 Å². The van der Waals surface area contributed by atoms with Crippen molar-refractivity contribution in [1.29, 1.82) is 0 Å². The molecule has 3 aromatic heterocycles. The normalized spacial score (nSPS) is 19.7. The molecule has 4 heterocycles. The smallest absolute Gasteiger partial charge is 0.265 e. The number of rotatable bonds is 6. The Morgan fingerprint density at radius 3 is 2.64 bits per heavy atom. The average molecular weight is 492 g/mol. The van der Waals surface area contributed by atoms with Gasteiger partial charge in [-0.2, -0.15) is 0 Å². The summed E-state index contributed by atoms with van der Waals surface area (Å²) in [5.41, 5.74) is 1.31. The zero-order chi connectivity index (χ0) is 24.7. The van der Waals surface area contributed by atoms with Crippen LogP contribution in [0.1, 0.15) is 42.5 Å². The van der Waals surface area contributed by atoms with Crippen LogP contribution in [0.5, 0.6) is 0 Å². The number of morpholine rings is 1. The molecule has 8 nitrogen and oxygen atoms in total. The molecule has 9 heteroatoms. The minimum Gasteiger partial charge on any atom is -0.379 e. The van der Waals surface area contributed by atoms with E-state index >= 15 is 0 Å². The van der Waals surface area contributed by atoms with E-state index in [1.54, 1.807) is 16.8 Å². The standard InChI is InChI=1S/C27H30FN5O3/c28-18-4-5-21(30-17-18)22-20-3-1-8-29-24(20)33(10-9-32-11-13-36-14-12-32)26(35)23(22)25(34)31-19-15-27(16-19)6-2-7-27/h1,3-5,8,17,19H,2,6-7,9-16H2,(H,31,34). The van der Waals surface area contributed by atoms with Crippen LogP contribution < -0.4 is 10.9 Å². The van der Waals surface area contributed by atoms with E-state index in [-0.39, 0.29) is 11.6 Å².